The summed E-state index contributed by atoms with van der Waals surface area (Å²) in [5, 5.41) is 7.82. The predicted octanol–water partition coefficient (Wildman–Crippen LogP) is 11.9. The van der Waals surface area contributed by atoms with Crippen LogP contribution in [-0.2, 0) is 0 Å². The van der Waals surface area contributed by atoms with Gasteiger partial charge in [0.05, 0.1) is 22.1 Å². The molecule has 0 amide bonds. The Labute approximate surface area is 263 Å². The van der Waals surface area contributed by atoms with E-state index in [0.29, 0.717) is 0 Å². The van der Waals surface area contributed by atoms with Crippen LogP contribution in [0.2, 0.25) is 0 Å². The SMILES string of the molecule is c1ccc(-c2ccc3c(c2)c2c4c(ccc2n3-c2cccc(-n3c5ccccc5c5ccccc53)c2)sc2ccccc24)cc1. The summed E-state index contributed by atoms with van der Waals surface area (Å²) >= 11 is 1.88. The Kier molecular flexibility index (Phi) is 5.19. The van der Waals surface area contributed by atoms with Crippen LogP contribution in [0.15, 0.2) is 158 Å². The van der Waals surface area contributed by atoms with Crippen molar-refractivity contribution in [3.05, 3.63) is 158 Å². The number of hydrogen-bond donors (Lipinski definition) is 0. The van der Waals surface area contributed by atoms with E-state index in [9.17, 15) is 0 Å². The monoisotopic (exact) mass is 590 g/mol. The van der Waals surface area contributed by atoms with E-state index in [0.717, 1.165) is 11.4 Å². The lowest BCUT2D eigenvalue weighted by Crippen LogP contribution is -1.98. The second-order valence-electron chi connectivity index (χ2n) is 11.8. The van der Waals surface area contributed by atoms with Crippen LogP contribution in [0, 0.1) is 0 Å². The largest absolute Gasteiger partial charge is 0.309 e. The highest BCUT2D eigenvalue weighted by molar-refractivity contribution is 7.26. The number of rotatable bonds is 3. The van der Waals surface area contributed by atoms with Gasteiger partial charge in [-0.25, -0.2) is 0 Å². The Balaban J connectivity index is 1.30. The molecule has 0 radical (unpaired) electrons. The van der Waals surface area contributed by atoms with Crippen molar-refractivity contribution in [1.82, 2.24) is 9.13 Å². The Morgan fingerprint density at radius 3 is 1.69 bits per heavy atom. The number of thiophene rings is 1. The maximum Gasteiger partial charge on any atom is 0.0548 e. The highest BCUT2D eigenvalue weighted by Crippen LogP contribution is 2.44. The molecule has 3 heterocycles. The Morgan fingerprint density at radius 1 is 0.333 bits per heavy atom. The number of nitrogens with zero attached hydrogens (tertiary/aromatic N) is 2. The fourth-order valence-corrected chi connectivity index (χ4v) is 8.50. The number of para-hydroxylation sites is 2. The van der Waals surface area contributed by atoms with Crippen LogP contribution in [0.1, 0.15) is 0 Å². The molecular formula is C42H26N2S. The zero-order chi connectivity index (χ0) is 29.5. The van der Waals surface area contributed by atoms with Crippen molar-refractivity contribution in [3.63, 3.8) is 0 Å². The van der Waals surface area contributed by atoms with E-state index in [1.165, 1.54) is 74.9 Å². The maximum atomic E-state index is 2.46. The van der Waals surface area contributed by atoms with Crippen molar-refractivity contribution in [3.8, 4) is 22.5 Å². The molecule has 0 fully saturated rings. The van der Waals surface area contributed by atoms with Crippen LogP contribution in [0.5, 0.6) is 0 Å². The molecule has 0 spiro atoms. The molecule has 2 nitrogen and oxygen atoms in total. The maximum absolute atomic E-state index is 2.46. The van der Waals surface area contributed by atoms with E-state index in [1.54, 1.807) is 0 Å². The molecule has 0 atom stereocenters. The van der Waals surface area contributed by atoms with Crippen molar-refractivity contribution in [2.45, 2.75) is 0 Å². The normalized spacial score (nSPS) is 12.0. The minimum absolute atomic E-state index is 1.15. The molecule has 0 aliphatic heterocycles. The molecule has 0 saturated carbocycles. The summed E-state index contributed by atoms with van der Waals surface area (Å²) in [6, 6.07) is 57.6. The van der Waals surface area contributed by atoms with Gasteiger partial charge in [-0.15, -0.1) is 11.3 Å². The average Bonchev–Trinajstić information content (AvgIpc) is 3.76. The van der Waals surface area contributed by atoms with Crippen molar-refractivity contribution in [1.29, 1.82) is 0 Å². The van der Waals surface area contributed by atoms with Gasteiger partial charge in [0.2, 0.25) is 0 Å². The summed E-state index contributed by atoms with van der Waals surface area (Å²) in [5.74, 6) is 0. The highest BCUT2D eigenvalue weighted by Gasteiger charge is 2.19. The van der Waals surface area contributed by atoms with Gasteiger partial charge in [0.15, 0.2) is 0 Å². The first-order chi connectivity index (χ1) is 22.3. The van der Waals surface area contributed by atoms with E-state index in [1.807, 2.05) is 11.3 Å². The van der Waals surface area contributed by atoms with Gasteiger partial charge in [0.25, 0.3) is 0 Å². The van der Waals surface area contributed by atoms with E-state index in [4.69, 9.17) is 0 Å². The van der Waals surface area contributed by atoms with Gasteiger partial charge in [-0.1, -0.05) is 97.1 Å². The second-order valence-corrected chi connectivity index (χ2v) is 12.8. The molecule has 0 unspecified atom stereocenters. The van der Waals surface area contributed by atoms with Crippen molar-refractivity contribution >= 4 is 75.1 Å². The molecule has 0 saturated heterocycles. The summed E-state index contributed by atoms with van der Waals surface area (Å²) in [4.78, 5) is 0. The molecule has 0 N–H and O–H groups in total. The molecule has 10 rings (SSSR count). The fraction of sp³-hybridized carbons (Fsp3) is 0. The molecule has 0 aliphatic rings. The van der Waals surface area contributed by atoms with Gasteiger partial charge in [-0.2, -0.15) is 0 Å². The molecule has 7 aromatic carbocycles. The van der Waals surface area contributed by atoms with Gasteiger partial charge >= 0.3 is 0 Å². The number of hydrogen-bond acceptors (Lipinski definition) is 1. The van der Waals surface area contributed by atoms with Gasteiger partial charge in [0.1, 0.15) is 0 Å². The Hall–Kier alpha value is -5.64. The third-order valence-corrected chi connectivity index (χ3v) is 10.4. The first kappa shape index (κ1) is 24.8. The van der Waals surface area contributed by atoms with Gasteiger partial charge < -0.3 is 9.13 Å². The molecule has 3 heteroatoms. The third-order valence-electron chi connectivity index (χ3n) is 9.30. The number of benzene rings is 7. The lowest BCUT2D eigenvalue weighted by Gasteiger charge is -2.13. The van der Waals surface area contributed by atoms with Crippen LogP contribution in [-0.4, -0.2) is 9.13 Å². The predicted molar refractivity (Wildman–Crippen MR) is 193 cm³/mol. The molecule has 10 aromatic rings. The molecule has 210 valence electrons. The standard InChI is InChI=1S/C42H26N2S/c1-2-11-27(12-3-1)28-21-22-37-34(25-28)41-38(23-24-40-42(41)33-17-6-9-20-39(33)45-40)44(37)30-14-10-13-29(26-30)43-35-18-7-4-15-31(35)32-16-5-8-19-36(32)43/h1-26H. The van der Waals surface area contributed by atoms with Crippen molar-refractivity contribution in [2.24, 2.45) is 0 Å². The van der Waals surface area contributed by atoms with Crippen LogP contribution in [0.4, 0.5) is 0 Å². The molecular weight excluding hydrogens is 565 g/mol. The minimum atomic E-state index is 1.15. The lowest BCUT2D eigenvalue weighted by molar-refractivity contribution is 1.13. The number of aromatic nitrogens is 2. The van der Waals surface area contributed by atoms with Crippen molar-refractivity contribution in [2.75, 3.05) is 0 Å². The topological polar surface area (TPSA) is 9.86 Å². The Bertz CT molecular complexity index is 2710. The quantitative estimate of drug-likeness (QED) is 0.194. The molecule has 0 bridgehead atoms. The summed E-state index contributed by atoms with van der Waals surface area (Å²) < 4.78 is 7.52. The van der Waals surface area contributed by atoms with Gasteiger partial charge in [-0.05, 0) is 71.8 Å². The minimum Gasteiger partial charge on any atom is -0.309 e. The second kappa shape index (κ2) is 9.43. The first-order valence-corrected chi connectivity index (χ1v) is 16.2. The lowest BCUT2D eigenvalue weighted by atomic mass is 10.0. The summed E-state index contributed by atoms with van der Waals surface area (Å²) in [7, 11) is 0. The molecule has 45 heavy (non-hydrogen) atoms. The summed E-state index contributed by atoms with van der Waals surface area (Å²) in [6.45, 7) is 0. The summed E-state index contributed by atoms with van der Waals surface area (Å²) in [6.07, 6.45) is 0. The zero-order valence-corrected chi connectivity index (χ0v) is 25.1. The van der Waals surface area contributed by atoms with Gasteiger partial charge in [0, 0.05) is 53.1 Å². The van der Waals surface area contributed by atoms with Crippen LogP contribution in [0.3, 0.4) is 0 Å². The number of fused-ring (bicyclic) bond motifs is 10. The highest BCUT2D eigenvalue weighted by atomic mass is 32.1. The zero-order valence-electron chi connectivity index (χ0n) is 24.3. The van der Waals surface area contributed by atoms with Gasteiger partial charge in [-0.3, -0.25) is 0 Å². The first-order valence-electron chi connectivity index (χ1n) is 15.4. The van der Waals surface area contributed by atoms with Crippen molar-refractivity contribution < 1.29 is 0 Å². The molecule has 3 aromatic heterocycles. The molecule has 0 aliphatic carbocycles. The van der Waals surface area contributed by atoms with Crippen LogP contribution >= 0.6 is 11.3 Å². The van der Waals surface area contributed by atoms with E-state index in [2.05, 4.69) is 167 Å². The van der Waals surface area contributed by atoms with Crippen LogP contribution < -0.4 is 0 Å². The Morgan fingerprint density at radius 2 is 0.933 bits per heavy atom. The van der Waals surface area contributed by atoms with E-state index < -0.39 is 0 Å². The fourth-order valence-electron chi connectivity index (χ4n) is 7.39. The smallest absolute Gasteiger partial charge is 0.0548 e. The van der Waals surface area contributed by atoms with Crippen LogP contribution in [0.25, 0.3) is 86.3 Å². The van der Waals surface area contributed by atoms with E-state index in [-0.39, 0.29) is 0 Å². The summed E-state index contributed by atoms with van der Waals surface area (Å²) in [5.41, 5.74) is 9.66. The average molecular weight is 591 g/mol. The van der Waals surface area contributed by atoms with E-state index >= 15 is 0 Å². The third kappa shape index (κ3) is 3.56.